The van der Waals surface area contributed by atoms with Crippen LogP contribution < -0.4 is 10.2 Å². The summed E-state index contributed by atoms with van der Waals surface area (Å²) in [6.07, 6.45) is 1.94. The summed E-state index contributed by atoms with van der Waals surface area (Å²) in [4.78, 5) is 51.0. The fourth-order valence-corrected chi connectivity index (χ4v) is 3.62. The van der Waals surface area contributed by atoms with E-state index in [1.54, 1.807) is 54.6 Å². The van der Waals surface area contributed by atoms with Gasteiger partial charge in [-0.05, 0) is 61.9 Å². The van der Waals surface area contributed by atoms with Crippen molar-refractivity contribution in [2.24, 2.45) is 0 Å². The van der Waals surface area contributed by atoms with Gasteiger partial charge >= 0.3 is 12.0 Å². The average molecular weight is 493 g/mol. The molecule has 1 aromatic heterocycles. The highest BCUT2D eigenvalue weighted by Crippen LogP contribution is 2.29. The van der Waals surface area contributed by atoms with E-state index in [1.807, 2.05) is 13.8 Å². The lowest BCUT2D eigenvalue weighted by Gasteiger charge is -2.26. The van der Waals surface area contributed by atoms with Crippen molar-refractivity contribution in [1.82, 2.24) is 5.32 Å². The minimum absolute atomic E-state index is 0.197. The Morgan fingerprint density at radius 3 is 2.54 bits per heavy atom. The van der Waals surface area contributed by atoms with Crippen molar-refractivity contribution < 1.29 is 28.3 Å². The number of benzene rings is 2. The maximum Gasteiger partial charge on any atom is 0.339 e. The molecule has 0 radical (unpaired) electrons. The normalized spacial score (nSPS) is 14.9. The number of anilines is 1. The van der Waals surface area contributed by atoms with Crippen molar-refractivity contribution in [3.05, 3.63) is 82.1 Å². The first-order valence-corrected chi connectivity index (χ1v) is 11.2. The summed E-state index contributed by atoms with van der Waals surface area (Å²) >= 11 is 6.15. The molecular weight excluding hydrogens is 472 g/mol. The molecule has 1 aliphatic heterocycles. The largest absolute Gasteiger partial charge is 0.462 e. The Morgan fingerprint density at radius 2 is 1.83 bits per heavy atom. The highest BCUT2D eigenvalue weighted by molar-refractivity contribution is 6.39. The highest BCUT2D eigenvalue weighted by Gasteiger charge is 2.37. The second kappa shape index (κ2) is 9.99. The molecule has 1 saturated heterocycles. The van der Waals surface area contributed by atoms with E-state index in [9.17, 15) is 19.2 Å². The summed E-state index contributed by atoms with van der Waals surface area (Å²) in [5.74, 6) is -1.55. The van der Waals surface area contributed by atoms with E-state index < -0.39 is 23.8 Å². The first kappa shape index (κ1) is 24.0. The molecule has 0 aliphatic carbocycles. The van der Waals surface area contributed by atoms with Crippen LogP contribution >= 0.6 is 11.6 Å². The number of esters is 1. The number of aryl methyl sites for hydroxylation is 1. The van der Waals surface area contributed by atoms with E-state index in [-0.39, 0.29) is 28.5 Å². The Morgan fingerprint density at radius 1 is 1.09 bits per heavy atom. The van der Waals surface area contributed by atoms with Gasteiger partial charge in [-0.25, -0.2) is 14.5 Å². The van der Waals surface area contributed by atoms with Gasteiger partial charge in [-0.1, -0.05) is 36.2 Å². The first-order chi connectivity index (χ1) is 16.8. The zero-order chi connectivity index (χ0) is 25.1. The molecule has 1 fully saturated rings. The predicted octanol–water partition coefficient (Wildman–Crippen LogP) is 5.14. The molecule has 0 spiro atoms. The Bertz CT molecular complexity index is 1360. The van der Waals surface area contributed by atoms with Crippen LogP contribution in [-0.2, 0) is 14.3 Å². The molecule has 3 aromatic rings. The monoisotopic (exact) mass is 492 g/mol. The SMILES string of the molecule is CCCOC(=O)c1cc(-c2ccc(/C=C3\C(=O)NC(=O)N(c4ccc(C)cc4)C3=O)o2)ccc1Cl. The zero-order valence-corrected chi connectivity index (χ0v) is 19.7. The number of imide groups is 2. The zero-order valence-electron chi connectivity index (χ0n) is 19.0. The molecule has 1 N–H and O–H groups in total. The van der Waals surface area contributed by atoms with Crippen molar-refractivity contribution in [1.29, 1.82) is 0 Å². The summed E-state index contributed by atoms with van der Waals surface area (Å²) < 4.78 is 11.0. The number of urea groups is 1. The number of nitrogens with zero attached hydrogens (tertiary/aromatic N) is 1. The van der Waals surface area contributed by atoms with Gasteiger partial charge < -0.3 is 9.15 Å². The average Bonchev–Trinajstić information content (AvgIpc) is 3.30. The van der Waals surface area contributed by atoms with Gasteiger partial charge in [0.05, 0.1) is 22.9 Å². The van der Waals surface area contributed by atoms with Gasteiger partial charge in [0.15, 0.2) is 0 Å². The lowest BCUT2D eigenvalue weighted by atomic mass is 10.1. The third-order valence-electron chi connectivity index (χ3n) is 5.22. The number of carbonyl (C=O) groups excluding carboxylic acids is 4. The number of amides is 4. The van der Waals surface area contributed by atoms with Crippen molar-refractivity contribution in [3.63, 3.8) is 0 Å². The number of nitrogens with one attached hydrogen (secondary N) is 1. The third-order valence-corrected chi connectivity index (χ3v) is 5.54. The maximum absolute atomic E-state index is 13.0. The molecular formula is C26H21ClN2O6. The van der Waals surface area contributed by atoms with Crippen molar-refractivity contribution >= 4 is 47.2 Å². The highest BCUT2D eigenvalue weighted by atomic mass is 35.5. The van der Waals surface area contributed by atoms with E-state index in [2.05, 4.69) is 5.32 Å². The fourth-order valence-electron chi connectivity index (χ4n) is 3.42. The number of carbonyl (C=O) groups is 4. The van der Waals surface area contributed by atoms with Gasteiger partial charge in [-0.2, -0.15) is 0 Å². The predicted molar refractivity (Wildman–Crippen MR) is 130 cm³/mol. The molecule has 8 nitrogen and oxygen atoms in total. The molecule has 178 valence electrons. The number of furan rings is 1. The van der Waals surface area contributed by atoms with Crippen LogP contribution in [0.4, 0.5) is 10.5 Å². The van der Waals surface area contributed by atoms with Gasteiger partial charge in [0.25, 0.3) is 11.8 Å². The van der Waals surface area contributed by atoms with Gasteiger partial charge in [-0.15, -0.1) is 0 Å². The van der Waals surface area contributed by atoms with Crippen molar-refractivity contribution in [3.8, 4) is 11.3 Å². The Labute approximate surface area is 206 Å². The number of ether oxygens (including phenoxy) is 1. The second-order valence-electron chi connectivity index (χ2n) is 7.83. The minimum Gasteiger partial charge on any atom is -0.462 e. The van der Waals surface area contributed by atoms with Gasteiger partial charge in [-0.3, -0.25) is 14.9 Å². The number of hydrogen-bond acceptors (Lipinski definition) is 6. The number of halogens is 1. The molecule has 0 atom stereocenters. The summed E-state index contributed by atoms with van der Waals surface area (Å²) in [7, 11) is 0. The minimum atomic E-state index is -0.829. The van der Waals surface area contributed by atoms with Crippen LogP contribution in [0, 0.1) is 6.92 Å². The molecule has 2 heterocycles. The van der Waals surface area contributed by atoms with Crippen LogP contribution in [0.5, 0.6) is 0 Å². The summed E-state index contributed by atoms with van der Waals surface area (Å²) in [5.41, 5.74) is 1.78. The Kier molecular flexibility index (Phi) is 6.84. The van der Waals surface area contributed by atoms with Crippen molar-refractivity contribution in [2.45, 2.75) is 20.3 Å². The van der Waals surface area contributed by atoms with E-state index in [0.717, 1.165) is 10.5 Å². The van der Waals surface area contributed by atoms with E-state index in [0.29, 0.717) is 23.4 Å². The van der Waals surface area contributed by atoms with E-state index in [4.69, 9.17) is 20.8 Å². The van der Waals surface area contributed by atoms with Crippen LogP contribution in [0.3, 0.4) is 0 Å². The molecule has 4 rings (SSSR count). The summed E-state index contributed by atoms with van der Waals surface area (Å²) in [5, 5.41) is 2.42. The summed E-state index contributed by atoms with van der Waals surface area (Å²) in [6, 6.07) is 13.9. The molecule has 4 amide bonds. The van der Waals surface area contributed by atoms with Crippen LogP contribution in [0.25, 0.3) is 17.4 Å². The van der Waals surface area contributed by atoms with E-state index in [1.165, 1.54) is 6.08 Å². The number of rotatable bonds is 6. The Balaban J connectivity index is 1.62. The van der Waals surface area contributed by atoms with Gasteiger partial charge in [0.1, 0.15) is 17.1 Å². The molecule has 1 aliphatic rings. The van der Waals surface area contributed by atoms with Gasteiger partial charge in [0.2, 0.25) is 0 Å². The molecule has 35 heavy (non-hydrogen) atoms. The van der Waals surface area contributed by atoms with Crippen LogP contribution in [0.15, 0.2) is 64.6 Å². The first-order valence-electron chi connectivity index (χ1n) is 10.8. The number of barbiturate groups is 1. The summed E-state index contributed by atoms with van der Waals surface area (Å²) in [6.45, 7) is 4.04. The number of hydrogen-bond donors (Lipinski definition) is 1. The fraction of sp³-hybridized carbons (Fsp3) is 0.154. The van der Waals surface area contributed by atoms with Crippen LogP contribution in [-0.4, -0.2) is 30.4 Å². The topological polar surface area (TPSA) is 106 Å². The lowest BCUT2D eigenvalue weighted by Crippen LogP contribution is -2.54. The smallest absolute Gasteiger partial charge is 0.339 e. The maximum atomic E-state index is 13.0. The molecule has 0 saturated carbocycles. The van der Waals surface area contributed by atoms with Gasteiger partial charge in [0, 0.05) is 5.56 Å². The standard InChI is InChI=1S/C26H21ClN2O6/c1-3-12-34-25(32)19-13-16(6-10-21(19)27)22-11-9-18(35-22)14-20-23(30)28-26(33)29(24(20)31)17-7-4-15(2)5-8-17/h4-11,13-14H,3,12H2,1-2H3,(H,28,30,33)/b20-14+. The quantitative estimate of drug-likeness (QED) is 0.290. The molecule has 9 heteroatoms. The van der Waals surface area contributed by atoms with Crippen molar-refractivity contribution in [2.75, 3.05) is 11.5 Å². The molecule has 2 aromatic carbocycles. The second-order valence-corrected chi connectivity index (χ2v) is 8.23. The van der Waals surface area contributed by atoms with E-state index >= 15 is 0 Å². The van der Waals surface area contributed by atoms with Crippen LogP contribution in [0.2, 0.25) is 5.02 Å². The Hall–Kier alpha value is -4.17. The lowest BCUT2D eigenvalue weighted by molar-refractivity contribution is -0.122. The third kappa shape index (κ3) is 5.02. The molecule has 0 bridgehead atoms. The van der Waals surface area contributed by atoms with Crippen LogP contribution in [0.1, 0.15) is 35.0 Å². The molecule has 0 unspecified atom stereocenters.